The van der Waals surface area contributed by atoms with E-state index in [-0.39, 0.29) is 33.0 Å². The summed E-state index contributed by atoms with van der Waals surface area (Å²) in [6.45, 7) is 4.92. The first kappa shape index (κ1) is 32.8. The lowest BCUT2D eigenvalue weighted by Crippen LogP contribution is -2.50. The van der Waals surface area contributed by atoms with Crippen molar-refractivity contribution in [1.82, 2.24) is 0 Å². The zero-order valence-corrected chi connectivity index (χ0v) is 24.9. The Hall–Kier alpha value is -4.11. The third-order valence-corrected chi connectivity index (χ3v) is 6.93. The molecule has 0 radical (unpaired) electrons. The number of hydroxylamine groups is 1. The Labute approximate surface area is 260 Å². The third kappa shape index (κ3) is 11.2. The van der Waals surface area contributed by atoms with Crippen molar-refractivity contribution in [1.29, 1.82) is 0 Å². The maximum atomic E-state index is 13.2. The van der Waals surface area contributed by atoms with E-state index in [0.29, 0.717) is 6.61 Å². The van der Waals surface area contributed by atoms with Gasteiger partial charge in [0.05, 0.1) is 33.0 Å². The highest BCUT2D eigenvalue weighted by molar-refractivity contribution is 5.59. The molecule has 7 nitrogen and oxygen atoms in total. The first-order valence-electron chi connectivity index (χ1n) is 14.8. The van der Waals surface area contributed by atoms with E-state index in [4.69, 9.17) is 18.9 Å². The van der Waals surface area contributed by atoms with Crippen molar-refractivity contribution < 1.29 is 28.8 Å². The van der Waals surface area contributed by atoms with Crippen LogP contribution in [0.2, 0.25) is 0 Å². The first-order valence-corrected chi connectivity index (χ1v) is 14.8. The van der Waals surface area contributed by atoms with Crippen LogP contribution in [0.15, 0.2) is 134 Å². The van der Waals surface area contributed by atoms with Crippen molar-refractivity contribution in [2.45, 2.75) is 50.8 Å². The summed E-state index contributed by atoms with van der Waals surface area (Å²) in [6, 6.07) is 38.6. The molecule has 44 heavy (non-hydrogen) atoms. The van der Waals surface area contributed by atoms with Crippen LogP contribution in [-0.2, 0) is 45.3 Å². The van der Waals surface area contributed by atoms with Crippen molar-refractivity contribution in [3.05, 3.63) is 161 Å². The van der Waals surface area contributed by atoms with Crippen LogP contribution < -0.4 is 0 Å². The Morgan fingerprint density at radius 1 is 0.659 bits per heavy atom. The molecule has 4 atom stereocenters. The molecule has 0 spiro atoms. The van der Waals surface area contributed by atoms with Gasteiger partial charge in [0.1, 0.15) is 18.3 Å². The molecule has 230 valence electrons. The second-order valence-corrected chi connectivity index (χ2v) is 10.4. The first-order chi connectivity index (χ1) is 21.6. The zero-order valence-electron chi connectivity index (χ0n) is 24.9. The Kier molecular flexibility index (Phi) is 13.8. The zero-order chi connectivity index (χ0) is 30.8. The fourth-order valence-electron chi connectivity index (χ4n) is 4.64. The molecule has 7 heteroatoms. The second kappa shape index (κ2) is 18.5. The molecule has 0 aliphatic heterocycles. The summed E-state index contributed by atoms with van der Waals surface area (Å²) < 4.78 is 25.5. The van der Waals surface area contributed by atoms with Crippen molar-refractivity contribution >= 4 is 6.21 Å². The van der Waals surface area contributed by atoms with Gasteiger partial charge >= 0.3 is 0 Å². The van der Waals surface area contributed by atoms with E-state index < -0.39 is 24.4 Å². The Bertz CT molecular complexity index is 1370. The number of hydrogen-bond acceptors (Lipinski definition) is 6. The van der Waals surface area contributed by atoms with Gasteiger partial charge in [0.15, 0.2) is 18.9 Å². The van der Waals surface area contributed by atoms with Crippen LogP contribution in [0.5, 0.6) is 0 Å². The van der Waals surface area contributed by atoms with Gasteiger partial charge in [-0.25, -0.2) is 4.74 Å². The normalized spacial score (nSPS) is 14.4. The molecule has 4 aromatic rings. The molecular formula is C37H41NO6. The molecule has 0 bridgehead atoms. The SMILES string of the molecule is C=CCO[C@@H](/C=[N+](\[O-])Cc1ccccc1)[C@@H](OCc1ccccc1)[C@H](O)[C@@H](COCc1ccccc1)OCc1ccccc1. The van der Waals surface area contributed by atoms with Gasteiger partial charge in [0.25, 0.3) is 0 Å². The molecule has 1 N–H and O–H groups in total. The van der Waals surface area contributed by atoms with Crippen LogP contribution in [0.3, 0.4) is 0 Å². The Morgan fingerprint density at radius 3 is 1.66 bits per heavy atom. The lowest BCUT2D eigenvalue weighted by atomic mass is 10.0. The van der Waals surface area contributed by atoms with E-state index >= 15 is 0 Å². The standard InChI is InChI=1S/C37H41NO6/c1-2-23-42-34(25-38(40)24-30-15-7-3-8-16-30)37(44-28-33-21-13-6-14-22-33)36(39)35(43-27-32-19-11-5-12-20-32)29-41-26-31-17-9-4-10-18-31/h2-22,25,34-37,39H,1,23-24,26-29H2/b38-25-/t34-,35+,36+,37+/m0/s1. The average molecular weight is 596 g/mol. The summed E-state index contributed by atoms with van der Waals surface area (Å²) in [4.78, 5) is 0. The van der Waals surface area contributed by atoms with Gasteiger partial charge in [-0.1, -0.05) is 127 Å². The van der Waals surface area contributed by atoms with Crippen molar-refractivity contribution in [3.8, 4) is 0 Å². The predicted molar refractivity (Wildman–Crippen MR) is 172 cm³/mol. The highest BCUT2D eigenvalue weighted by atomic mass is 16.6. The number of hydrogen-bond donors (Lipinski definition) is 1. The number of rotatable bonds is 19. The molecule has 0 aliphatic carbocycles. The second-order valence-electron chi connectivity index (χ2n) is 10.4. The minimum Gasteiger partial charge on any atom is -0.624 e. The number of aliphatic hydroxyl groups is 1. The monoisotopic (exact) mass is 595 g/mol. The van der Waals surface area contributed by atoms with Crippen molar-refractivity contribution in [3.63, 3.8) is 0 Å². The largest absolute Gasteiger partial charge is 0.624 e. The minimum absolute atomic E-state index is 0.0906. The molecule has 0 saturated heterocycles. The number of aliphatic hydroxyl groups excluding tert-OH is 1. The topological polar surface area (TPSA) is 83.2 Å². The van der Waals surface area contributed by atoms with Crippen LogP contribution in [0.1, 0.15) is 22.3 Å². The maximum absolute atomic E-state index is 13.2. The summed E-state index contributed by atoms with van der Waals surface area (Å²) in [5.41, 5.74) is 3.72. The quantitative estimate of drug-likeness (QED) is 0.0465. The molecule has 4 rings (SSSR count). The molecule has 0 amide bonds. The molecule has 0 saturated carbocycles. The number of nitrogens with zero attached hydrogens (tertiary/aromatic N) is 1. The van der Waals surface area contributed by atoms with Gasteiger partial charge in [0, 0.05) is 5.56 Å². The highest BCUT2D eigenvalue weighted by Crippen LogP contribution is 2.19. The summed E-state index contributed by atoms with van der Waals surface area (Å²) in [6.07, 6.45) is -0.880. The lowest BCUT2D eigenvalue weighted by Gasteiger charge is -2.33. The van der Waals surface area contributed by atoms with Crippen molar-refractivity contribution in [2.24, 2.45) is 0 Å². The Morgan fingerprint density at radius 2 is 1.14 bits per heavy atom. The fourth-order valence-corrected chi connectivity index (χ4v) is 4.64. The molecule has 0 aromatic heterocycles. The lowest BCUT2D eigenvalue weighted by molar-refractivity contribution is -0.473. The van der Waals surface area contributed by atoms with Gasteiger partial charge in [-0.15, -0.1) is 6.58 Å². The Balaban J connectivity index is 1.59. The molecule has 0 fully saturated rings. The summed E-state index contributed by atoms with van der Waals surface area (Å²) >= 11 is 0. The molecule has 0 unspecified atom stereocenters. The smallest absolute Gasteiger partial charge is 0.183 e. The minimum atomic E-state index is -1.21. The van der Waals surface area contributed by atoms with E-state index in [0.717, 1.165) is 27.0 Å². The fraction of sp³-hybridized carbons (Fsp3) is 0.270. The molecule has 0 heterocycles. The van der Waals surface area contributed by atoms with Gasteiger partial charge < -0.3 is 29.3 Å². The summed E-state index contributed by atoms with van der Waals surface area (Å²) in [7, 11) is 0. The molecule has 4 aromatic carbocycles. The van der Waals surface area contributed by atoms with Gasteiger partial charge in [-0.3, -0.25) is 0 Å². The van der Waals surface area contributed by atoms with Crippen LogP contribution in [-0.4, -0.2) is 53.7 Å². The highest BCUT2D eigenvalue weighted by Gasteiger charge is 2.37. The van der Waals surface area contributed by atoms with Crippen molar-refractivity contribution in [2.75, 3.05) is 13.2 Å². The van der Waals surface area contributed by atoms with E-state index in [1.54, 1.807) is 6.08 Å². The third-order valence-electron chi connectivity index (χ3n) is 6.93. The van der Waals surface area contributed by atoms with Crippen LogP contribution in [0.25, 0.3) is 0 Å². The van der Waals surface area contributed by atoms with Gasteiger partial charge in [-0.05, 0) is 16.7 Å². The van der Waals surface area contributed by atoms with Gasteiger partial charge in [-0.2, -0.15) is 0 Å². The van der Waals surface area contributed by atoms with Crippen LogP contribution in [0, 0.1) is 5.21 Å². The number of ether oxygens (including phenoxy) is 4. The van der Waals surface area contributed by atoms with Crippen LogP contribution in [0.4, 0.5) is 0 Å². The maximum Gasteiger partial charge on any atom is 0.183 e. The summed E-state index contributed by atoms with van der Waals surface area (Å²) in [5.74, 6) is 0. The van der Waals surface area contributed by atoms with E-state index in [1.807, 2.05) is 121 Å². The average Bonchev–Trinajstić information content (AvgIpc) is 3.07. The predicted octanol–water partition coefficient (Wildman–Crippen LogP) is 6.09. The van der Waals surface area contributed by atoms with E-state index in [2.05, 4.69) is 6.58 Å². The van der Waals surface area contributed by atoms with Gasteiger partial charge in [0.2, 0.25) is 0 Å². The molecule has 0 aliphatic rings. The number of benzene rings is 4. The van der Waals surface area contributed by atoms with Crippen LogP contribution >= 0.6 is 0 Å². The summed E-state index contributed by atoms with van der Waals surface area (Å²) in [5, 5.41) is 25.1. The van der Waals surface area contributed by atoms with E-state index in [9.17, 15) is 10.3 Å². The molecular weight excluding hydrogens is 554 g/mol. The van der Waals surface area contributed by atoms with E-state index in [1.165, 1.54) is 6.21 Å².